The van der Waals surface area contributed by atoms with Crippen LogP contribution in [0.15, 0.2) is 41.3 Å². The van der Waals surface area contributed by atoms with Crippen LogP contribution < -0.4 is 10.0 Å². The molecule has 3 atom stereocenters. The standard InChI is InChI=1S/C25H36ClN3O4S/c1-4-10-18-17-19(23(30)29(5-2)6-3)13-14-21(18)27-24(31)25(15-9-16-25)28-34(32,33)22-12-8-7-11-20(22)26/h7-8,11-14,18-19,21,28H,4-6,9-10,15-17H2,1-3H3,(H,27,31). The Morgan fingerprint density at radius 3 is 2.35 bits per heavy atom. The van der Waals surface area contributed by atoms with E-state index in [1.54, 1.807) is 12.1 Å². The lowest BCUT2D eigenvalue weighted by molar-refractivity contribution is -0.134. The number of hydrogen-bond donors (Lipinski definition) is 2. The van der Waals surface area contributed by atoms with E-state index < -0.39 is 15.6 Å². The highest BCUT2D eigenvalue weighted by molar-refractivity contribution is 7.89. The molecule has 1 aromatic rings. The lowest BCUT2D eigenvalue weighted by Gasteiger charge is -2.42. The first kappa shape index (κ1) is 26.7. The van der Waals surface area contributed by atoms with Gasteiger partial charge in [-0.05, 0) is 64.0 Å². The molecule has 2 aliphatic carbocycles. The minimum Gasteiger partial charge on any atom is -0.348 e. The van der Waals surface area contributed by atoms with Crippen molar-refractivity contribution in [3.05, 3.63) is 41.4 Å². The van der Waals surface area contributed by atoms with Gasteiger partial charge in [0.05, 0.1) is 17.0 Å². The normalized spacial score (nSPS) is 23.7. The van der Waals surface area contributed by atoms with Crippen molar-refractivity contribution in [2.24, 2.45) is 11.8 Å². The van der Waals surface area contributed by atoms with E-state index in [1.165, 1.54) is 12.1 Å². The van der Waals surface area contributed by atoms with Gasteiger partial charge in [-0.25, -0.2) is 8.42 Å². The molecule has 0 aromatic heterocycles. The minimum atomic E-state index is -3.97. The summed E-state index contributed by atoms with van der Waals surface area (Å²) in [5.74, 6) is -0.282. The molecule has 2 amide bonds. The van der Waals surface area contributed by atoms with E-state index >= 15 is 0 Å². The quantitative estimate of drug-likeness (QED) is 0.468. The lowest BCUT2D eigenvalue weighted by Crippen LogP contribution is -2.64. The van der Waals surface area contributed by atoms with Crippen molar-refractivity contribution >= 4 is 33.4 Å². The maximum Gasteiger partial charge on any atom is 0.243 e. The molecule has 2 aliphatic rings. The highest BCUT2D eigenvalue weighted by Crippen LogP contribution is 2.36. The van der Waals surface area contributed by atoms with E-state index in [2.05, 4.69) is 17.0 Å². The van der Waals surface area contributed by atoms with Crippen molar-refractivity contribution in [3.63, 3.8) is 0 Å². The molecule has 1 fully saturated rings. The van der Waals surface area contributed by atoms with Gasteiger partial charge in [0, 0.05) is 13.1 Å². The molecule has 9 heteroatoms. The fourth-order valence-corrected chi connectivity index (χ4v) is 6.86. The number of nitrogens with one attached hydrogen (secondary N) is 2. The molecule has 0 aliphatic heterocycles. The molecule has 188 valence electrons. The number of rotatable bonds is 10. The number of carbonyl (C=O) groups is 2. The highest BCUT2D eigenvalue weighted by atomic mass is 35.5. The molecular weight excluding hydrogens is 474 g/mol. The van der Waals surface area contributed by atoms with Gasteiger partial charge in [-0.2, -0.15) is 4.72 Å². The summed E-state index contributed by atoms with van der Waals surface area (Å²) in [6.07, 6.45) is 7.92. The number of carbonyl (C=O) groups excluding carboxylic acids is 2. The second kappa shape index (κ2) is 11.2. The Kier molecular flexibility index (Phi) is 8.82. The van der Waals surface area contributed by atoms with Gasteiger partial charge in [-0.3, -0.25) is 9.59 Å². The fourth-order valence-electron chi connectivity index (χ4n) is 4.92. The van der Waals surface area contributed by atoms with Crippen LogP contribution in [0.3, 0.4) is 0 Å². The van der Waals surface area contributed by atoms with Gasteiger partial charge in [0.15, 0.2) is 0 Å². The number of amides is 2. The second-order valence-corrected chi connectivity index (χ2v) is 11.3. The highest BCUT2D eigenvalue weighted by Gasteiger charge is 2.48. The summed E-state index contributed by atoms with van der Waals surface area (Å²) in [6.45, 7) is 7.38. The van der Waals surface area contributed by atoms with Crippen LogP contribution in [0.5, 0.6) is 0 Å². The zero-order valence-electron chi connectivity index (χ0n) is 20.2. The molecule has 7 nitrogen and oxygen atoms in total. The first-order valence-corrected chi connectivity index (χ1v) is 14.1. The summed E-state index contributed by atoms with van der Waals surface area (Å²) >= 11 is 6.11. The number of benzene rings is 1. The van der Waals surface area contributed by atoms with E-state index in [0.29, 0.717) is 32.4 Å². The summed E-state index contributed by atoms with van der Waals surface area (Å²) in [4.78, 5) is 28.1. The van der Waals surface area contributed by atoms with E-state index in [4.69, 9.17) is 11.6 Å². The molecule has 1 aromatic carbocycles. The topological polar surface area (TPSA) is 95.6 Å². The molecule has 0 bridgehead atoms. The maximum absolute atomic E-state index is 13.4. The van der Waals surface area contributed by atoms with Crippen molar-refractivity contribution in [1.82, 2.24) is 14.9 Å². The summed E-state index contributed by atoms with van der Waals surface area (Å²) in [7, 11) is -3.97. The third-order valence-electron chi connectivity index (χ3n) is 7.06. The Labute approximate surface area is 208 Å². The van der Waals surface area contributed by atoms with Crippen molar-refractivity contribution in [3.8, 4) is 0 Å². The fraction of sp³-hybridized carbons (Fsp3) is 0.600. The Bertz CT molecular complexity index is 1020. The first-order chi connectivity index (χ1) is 16.2. The zero-order valence-corrected chi connectivity index (χ0v) is 21.8. The number of hydrogen-bond acceptors (Lipinski definition) is 4. The largest absolute Gasteiger partial charge is 0.348 e. The van der Waals surface area contributed by atoms with Crippen LogP contribution in [0.2, 0.25) is 5.02 Å². The van der Waals surface area contributed by atoms with Crippen LogP contribution in [0.1, 0.15) is 59.3 Å². The number of halogens is 1. The Balaban J connectivity index is 1.76. The molecular formula is C25H36ClN3O4S. The van der Waals surface area contributed by atoms with Gasteiger partial charge in [0.25, 0.3) is 0 Å². The van der Waals surface area contributed by atoms with Crippen LogP contribution >= 0.6 is 11.6 Å². The summed E-state index contributed by atoms with van der Waals surface area (Å²) in [5.41, 5.74) is -1.18. The van der Waals surface area contributed by atoms with Gasteiger partial charge < -0.3 is 10.2 Å². The molecule has 3 unspecified atom stereocenters. The molecule has 0 radical (unpaired) electrons. The Morgan fingerprint density at radius 2 is 1.79 bits per heavy atom. The molecule has 3 rings (SSSR count). The minimum absolute atomic E-state index is 0.0325. The van der Waals surface area contributed by atoms with Crippen LogP contribution in [0, 0.1) is 11.8 Å². The third-order valence-corrected chi connectivity index (χ3v) is 9.10. The SMILES string of the molecule is CCCC1CC(C(=O)N(CC)CC)C=CC1NC(=O)C1(NS(=O)(=O)c2ccccc2Cl)CCC1. The molecule has 0 heterocycles. The van der Waals surface area contributed by atoms with Gasteiger partial charge in [0.2, 0.25) is 21.8 Å². The summed E-state index contributed by atoms with van der Waals surface area (Å²) < 4.78 is 28.7. The average Bonchev–Trinajstić information content (AvgIpc) is 2.78. The maximum atomic E-state index is 13.4. The van der Waals surface area contributed by atoms with Gasteiger partial charge >= 0.3 is 0 Å². The molecule has 0 spiro atoms. The lowest BCUT2D eigenvalue weighted by atomic mass is 9.75. The van der Waals surface area contributed by atoms with Gasteiger partial charge in [-0.15, -0.1) is 0 Å². The predicted molar refractivity (Wildman–Crippen MR) is 134 cm³/mol. The van der Waals surface area contributed by atoms with Crippen molar-refractivity contribution in [1.29, 1.82) is 0 Å². The summed E-state index contributed by atoms with van der Waals surface area (Å²) in [6, 6.07) is 5.97. The van der Waals surface area contributed by atoms with E-state index in [-0.39, 0.29) is 39.6 Å². The molecule has 1 saturated carbocycles. The molecule has 0 saturated heterocycles. The van der Waals surface area contributed by atoms with Crippen LogP contribution in [0.4, 0.5) is 0 Å². The zero-order chi connectivity index (χ0) is 24.9. The molecule has 34 heavy (non-hydrogen) atoms. The van der Waals surface area contributed by atoms with Crippen molar-refractivity contribution < 1.29 is 18.0 Å². The smallest absolute Gasteiger partial charge is 0.243 e. The van der Waals surface area contributed by atoms with Gasteiger partial charge in [-0.1, -0.05) is 49.2 Å². The van der Waals surface area contributed by atoms with E-state index in [1.807, 2.05) is 30.9 Å². The average molecular weight is 510 g/mol. The van der Waals surface area contributed by atoms with Crippen molar-refractivity contribution in [2.75, 3.05) is 13.1 Å². The van der Waals surface area contributed by atoms with E-state index in [0.717, 1.165) is 19.3 Å². The molecule has 2 N–H and O–H groups in total. The van der Waals surface area contributed by atoms with E-state index in [9.17, 15) is 18.0 Å². The number of nitrogens with zero attached hydrogens (tertiary/aromatic N) is 1. The second-order valence-electron chi connectivity index (χ2n) is 9.26. The monoisotopic (exact) mass is 509 g/mol. The summed E-state index contributed by atoms with van der Waals surface area (Å²) in [5, 5.41) is 3.21. The number of sulfonamides is 1. The Hall–Kier alpha value is -1.90. The van der Waals surface area contributed by atoms with Crippen molar-refractivity contribution in [2.45, 2.75) is 75.8 Å². The van der Waals surface area contributed by atoms with Crippen LogP contribution in [0.25, 0.3) is 0 Å². The van der Waals surface area contributed by atoms with Gasteiger partial charge in [0.1, 0.15) is 10.4 Å². The third kappa shape index (κ3) is 5.66. The first-order valence-electron chi connectivity index (χ1n) is 12.2. The Morgan fingerprint density at radius 1 is 1.12 bits per heavy atom. The van der Waals surface area contributed by atoms with Crippen LogP contribution in [-0.4, -0.2) is 49.8 Å². The van der Waals surface area contributed by atoms with Crippen LogP contribution in [-0.2, 0) is 19.6 Å². The predicted octanol–water partition coefficient (Wildman–Crippen LogP) is 3.89.